The Hall–Kier alpha value is 0.270. The van der Waals surface area contributed by atoms with Gasteiger partial charge in [0.2, 0.25) is 0 Å². The number of rotatable bonds is 8. The molecule has 0 saturated heterocycles. The van der Waals surface area contributed by atoms with Gasteiger partial charge in [0.05, 0.1) is 0 Å². The van der Waals surface area contributed by atoms with Gasteiger partial charge in [-0.3, -0.25) is 0 Å². The highest BCUT2D eigenvalue weighted by Gasteiger charge is 1.87. The molecule has 0 atom stereocenters. The summed E-state index contributed by atoms with van der Waals surface area (Å²) in [6.45, 7) is 5.27. The molecule has 0 aromatic carbocycles. The summed E-state index contributed by atoms with van der Waals surface area (Å²) in [5, 5.41) is 3.35. The molecule has 0 aromatic heterocycles. The van der Waals surface area contributed by atoms with Crippen LogP contribution in [-0.2, 0) is 4.74 Å². The van der Waals surface area contributed by atoms with Crippen molar-refractivity contribution in [2.24, 2.45) is 0 Å². The zero-order valence-corrected chi connectivity index (χ0v) is 8.38. The summed E-state index contributed by atoms with van der Waals surface area (Å²) in [7, 11) is 1.74. The van der Waals surface area contributed by atoms with Crippen molar-refractivity contribution in [1.29, 1.82) is 0 Å². The lowest BCUT2D eigenvalue weighted by Gasteiger charge is -2.02. The first-order valence-corrected chi connectivity index (χ1v) is 5.34. The molecule has 0 unspecified atom stereocenters. The predicted molar refractivity (Wildman–Crippen MR) is 52.4 cm³/mol. The molecule has 0 radical (unpaired) electrons. The predicted octanol–water partition coefficient (Wildman–Crippen LogP) is 1.37. The van der Waals surface area contributed by atoms with Crippen LogP contribution in [0.3, 0.4) is 0 Å². The Morgan fingerprint density at radius 1 is 1.36 bits per heavy atom. The smallest absolute Gasteiger partial charge is 0.0474 e. The third-order valence-electron chi connectivity index (χ3n) is 1.33. The Kier molecular flexibility index (Phi) is 10.5. The first kappa shape index (κ1) is 11.3. The lowest BCUT2D eigenvalue weighted by atomic mass is 10.4. The maximum atomic E-state index is 4.92. The molecule has 0 saturated carbocycles. The maximum Gasteiger partial charge on any atom is 0.0474 e. The van der Waals surface area contributed by atoms with E-state index in [0.717, 1.165) is 26.1 Å². The van der Waals surface area contributed by atoms with Crippen molar-refractivity contribution in [2.75, 3.05) is 38.3 Å². The fraction of sp³-hybridized carbons (Fsp3) is 1.00. The Balaban J connectivity index is 2.69. The van der Waals surface area contributed by atoms with Crippen molar-refractivity contribution >= 4 is 11.8 Å². The van der Waals surface area contributed by atoms with Crippen LogP contribution in [0.2, 0.25) is 0 Å². The molecule has 0 aliphatic rings. The van der Waals surface area contributed by atoms with Gasteiger partial charge in [-0.2, -0.15) is 11.8 Å². The van der Waals surface area contributed by atoms with Crippen LogP contribution in [0, 0.1) is 0 Å². The van der Waals surface area contributed by atoms with Crippen LogP contribution >= 0.6 is 11.8 Å². The molecule has 0 aromatic rings. The molecule has 0 amide bonds. The monoisotopic (exact) mass is 177 g/mol. The van der Waals surface area contributed by atoms with Crippen LogP contribution < -0.4 is 5.32 Å². The summed E-state index contributed by atoms with van der Waals surface area (Å²) in [4.78, 5) is 0. The molecule has 0 rings (SSSR count). The van der Waals surface area contributed by atoms with Gasteiger partial charge in [-0.05, 0) is 18.7 Å². The van der Waals surface area contributed by atoms with E-state index >= 15 is 0 Å². The van der Waals surface area contributed by atoms with Crippen LogP contribution in [0.1, 0.15) is 13.3 Å². The molecule has 0 spiro atoms. The van der Waals surface area contributed by atoms with E-state index < -0.39 is 0 Å². The summed E-state index contributed by atoms with van der Waals surface area (Å²) in [6, 6.07) is 0. The SMILES string of the molecule is CCSCCNCCCOC. The number of hydrogen-bond donors (Lipinski definition) is 1. The molecular weight excluding hydrogens is 158 g/mol. The van der Waals surface area contributed by atoms with Crippen molar-refractivity contribution in [3.8, 4) is 0 Å². The van der Waals surface area contributed by atoms with Crippen molar-refractivity contribution in [3.63, 3.8) is 0 Å². The first-order valence-electron chi connectivity index (χ1n) is 4.19. The molecule has 0 aliphatic carbocycles. The highest BCUT2D eigenvalue weighted by molar-refractivity contribution is 7.99. The Labute approximate surface area is 74.1 Å². The molecule has 11 heavy (non-hydrogen) atoms. The van der Waals surface area contributed by atoms with E-state index in [0.29, 0.717) is 0 Å². The van der Waals surface area contributed by atoms with Gasteiger partial charge in [0.15, 0.2) is 0 Å². The molecule has 3 heteroatoms. The van der Waals surface area contributed by atoms with Gasteiger partial charge < -0.3 is 10.1 Å². The lowest BCUT2D eigenvalue weighted by Crippen LogP contribution is -2.19. The van der Waals surface area contributed by atoms with E-state index in [-0.39, 0.29) is 0 Å². The number of methoxy groups -OCH3 is 1. The van der Waals surface area contributed by atoms with Crippen LogP contribution in [0.15, 0.2) is 0 Å². The van der Waals surface area contributed by atoms with Crippen molar-refractivity contribution in [2.45, 2.75) is 13.3 Å². The molecule has 0 heterocycles. The molecule has 1 N–H and O–H groups in total. The van der Waals surface area contributed by atoms with Gasteiger partial charge in [-0.25, -0.2) is 0 Å². The highest BCUT2D eigenvalue weighted by atomic mass is 32.2. The Bertz CT molecular complexity index is 63.1. The fourth-order valence-electron chi connectivity index (χ4n) is 0.755. The largest absolute Gasteiger partial charge is 0.385 e. The van der Waals surface area contributed by atoms with Crippen LogP contribution in [-0.4, -0.2) is 38.3 Å². The van der Waals surface area contributed by atoms with Crippen molar-refractivity contribution in [1.82, 2.24) is 5.32 Å². The molecule has 0 bridgehead atoms. The van der Waals surface area contributed by atoms with Gasteiger partial charge >= 0.3 is 0 Å². The quantitative estimate of drug-likeness (QED) is 0.566. The number of nitrogens with one attached hydrogen (secondary N) is 1. The zero-order chi connectivity index (χ0) is 8.36. The second kappa shape index (κ2) is 10.3. The summed E-state index contributed by atoms with van der Waals surface area (Å²) >= 11 is 1.98. The third-order valence-corrected chi connectivity index (χ3v) is 2.23. The normalized spacial score (nSPS) is 10.4. The molecule has 0 aliphatic heterocycles. The molecule has 68 valence electrons. The minimum absolute atomic E-state index is 0.869. The second-order valence-corrected chi connectivity index (χ2v) is 3.69. The minimum atomic E-state index is 0.869. The summed E-state index contributed by atoms with van der Waals surface area (Å²) in [5.74, 6) is 2.45. The minimum Gasteiger partial charge on any atom is -0.385 e. The van der Waals surface area contributed by atoms with E-state index in [4.69, 9.17) is 4.74 Å². The van der Waals surface area contributed by atoms with Gasteiger partial charge in [0.25, 0.3) is 0 Å². The number of ether oxygens (including phenoxy) is 1. The van der Waals surface area contributed by atoms with Gasteiger partial charge in [-0.15, -0.1) is 0 Å². The number of hydrogen-bond acceptors (Lipinski definition) is 3. The van der Waals surface area contributed by atoms with E-state index in [1.54, 1.807) is 7.11 Å². The summed E-state index contributed by atoms with van der Waals surface area (Å²) in [6.07, 6.45) is 1.12. The van der Waals surface area contributed by atoms with E-state index in [1.807, 2.05) is 11.8 Å². The van der Waals surface area contributed by atoms with E-state index in [2.05, 4.69) is 12.2 Å². The van der Waals surface area contributed by atoms with Crippen LogP contribution in [0.4, 0.5) is 0 Å². The summed E-state index contributed by atoms with van der Waals surface area (Å²) in [5.41, 5.74) is 0. The average Bonchev–Trinajstić information content (AvgIpc) is 2.03. The summed E-state index contributed by atoms with van der Waals surface area (Å²) < 4.78 is 4.92. The number of thioether (sulfide) groups is 1. The van der Waals surface area contributed by atoms with Crippen LogP contribution in [0.25, 0.3) is 0 Å². The topological polar surface area (TPSA) is 21.3 Å². The molecular formula is C8H19NOS. The Morgan fingerprint density at radius 3 is 2.82 bits per heavy atom. The standard InChI is InChI=1S/C8H19NOS/c1-3-11-8-6-9-5-4-7-10-2/h9H,3-8H2,1-2H3. The van der Waals surface area contributed by atoms with Gasteiger partial charge in [-0.1, -0.05) is 6.92 Å². The lowest BCUT2D eigenvalue weighted by molar-refractivity contribution is 0.194. The second-order valence-electron chi connectivity index (χ2n) is 2.29. The van der Waals surface area contributed by atoms with E-state index in [1.165, 1.54) is 11.5 Å². The highest BCUT2D eigenvalue weighted by Crippen LogP contribution is 1.94. The molecule has 0 fully saturated rings. The average molecular weight is 177 g/mol. The maximum absolute atomic E-state index is 4.92. The third kappa shape index (κ3) is 10.3. The van der Waals surface area contributed by atoms with Gasteiger partial charge in [0.1, 0.15) is 0 Å². The van der Waals surface area contributed by atoms with Crippen molar-refractivity contribution in [3.05, 3.63) is 0 Å². The Morgan fingerprint density at radius 2 is 2.18 bits per heavy atom. The van der Waals surface area contributed by atoms with E-state index in [9.17, 15) is 0 Å². The first-order chi connectivity index (χ1) is 5.41. The van der Waals surface area contributed by atoms with Gasteiger partial charge in [0, 0.05) is 26.0 Å². The fourth-order valence-corrected chi connectivity index (χ4v) is 1.33. The van der Waals surface area contributed by atoms with Crippen molar-refractivity contribution < 1.29 is 4.74 Å². The molecule has 2 nitrogen and oxygen atoms in total. The van der Waals surface area contributed by atoms with Crippen LogP contribution in [0.5, 0.6) is 0 Å². The zero-order valence-electron chi connectivity index (χ0n) is 7.56.